The number of aromatic nitrogens is 1. The minimum atomic E-state index is -0.473. The minimum absolute atomic E-state index is 0.473. The van der Waals surface area contributed by atoms with Gasteiger partial charge in [-0.05, 0) is 37.0 Å². The Balaban J connectivity index is 1.81. The van der Waals surface area contributed by atoms with E-state index in [4.69, 9.17) is 0 Å². The Hall–Kier alpha value is -0.930. The van der Waals surface area contributed by atoms with Crippen LogP contribution >= 0.6 is 0 Å². The number of aliphatic hydroxyl groups is 1. The zero-order chi connectivity index (χ0) is 12.1. The zero-order valence-electron chi connectivity index (χ0n) is 10.6. The fraction of sp³-hybridized carbons (Fsp3) is 0.643. The van der Waals surface area contributed by atoms with Crippen LogP contribution in [0, 0.1) is 6.92 Å². The van der Waals surface area contributed by atoms with E-state index >= 15 is 0 Å². The molecular formula is C14H22N2O. The molecule has 17 heavy (non-hydrogen) atoms. The summed E-state index contributed by atoms with van der Waals surface area (Å²) in [5.74, 6) is 0. The minimum Gasteiger partial charge on any atom is -0.389 e. The first kappa shape index (κ1) is 12.5. The molecule has 0 atom stereocenters. The van der Waals surface area contributed by atoms with Crippen LogP contribution in [-0.4, -0.2) is 22.2 Å². The van der Waals surface area contributed by atoms with Gasteiger partial charge < -0.3 is 10.4 Å². The van der Waals surface area contributed by atoms with E-state index in [1.807, 2.05) is 18.5 Å². The number of rotatable bonds is 4. The van der Waals surface area contributed by atoms with Crippen molar-refractivity contribution in [2.45, 2.75) is 51.2 Å². The third-order valence-corrected chi connectivity index (χ3v) is 3.69. The quantitative estimate of drug-likeness (QED) is 0.839. The Labute approximate surface area is 103 Å². The zero-order valence-corrected chi connectivity index (χ0v) is 10.6. The van der Waals surface area contributed by atoms with Gasteiger partial charge in [0.15, 0.2) is 0 Å². The van der Waals surface area contributed by atoms with Gasteiger partial charge in [0, 0.05) is 25.5 Å². The number of nitrogens with one attached hydrogen (secondary N) is 1. The molecule has 0 spiro atoms. The first-order valence-corrected chi connectivity index (χ1v) is 6.52. The van der Waals surface area contributed by atoms with E-state index in [2.05, 4.69) is 17.2 Å². The van der Waals surface area contributed by atoms with Gasteiger partial charge in [0.25, 0.3) is 0 Å². The molecule has 1 aliphatic rings. The van der Waals surface area contributed by atoms with E-state index in [0.29, 0.717) is 6.54 Å². The third kappa shape index (κ3) is 3.51. The van der Waals surface area contributed by atoms with Crippen molar-refractivity contribution in [1.82, 2.24) is 10.3 Å². The second kappa shape index (κ2) is 5.61. The van der Waals surface area contributed by atoms with Crippen molar-refractivity contribution in [2.75, 3.05) is 6.54 Å². The number of nitrogens with zero attached hydrogens (tertiary/aromatic N) is 1. The number of aryl methyl sites for hydroxylation is 1. The van der Waals surface area contributed by atoms with Crippen LogP contribution in [0.5, 0.6) is 0 Å². The summed E-state index contributed by atoms with van der Waals surface area (Å²) >= 11 is 0. The standard InChI is InChI=1S/C14H22N2O/c1-12-9-15-8-5-13(12)10-16-11-14(17)6-3-2-4-7-14/h5,8-9,16-17H,2-4,6-7,10-11H2,1H3. The normalized spacial score (nSPS) is 19.2. The maximum Gasteiger partial charge on any atom is 0.0771 e. The monoisotopic (exact) mass is 234 g/mol. The molecule has 0 amide bonds. The van der Waals surface area contributed by atoms with E-state index in [0.717, 1.165) is 32.2 Å². The van der Waals surface area contributed by atoms with Gasteiger partial charge in [-0.25, -0.2) is 0 Å². The Kier molecular flexibility index (Phi) is 4.13. The molecule has 0 unspecified atom stereocenters. The molecule has 3 nitrogen and oxygen atoms in total. The van der Waals surface area contributed by atoms with Gasteiger partial charge in [0.1, 0.15) is 0 Å². The molecule has 94 valence electrons. The smallest absolute Gasteiger partial charge is 0.0771 e. The summed E-state index contributed by atoms with van der Waals surface area (Å²) in [6.07, 6.45) is 9.17. The lowest BCUT2D eigenvalue weighted by molar-refractivity contribution is 0.00466. The fourth-order valence-electron chi connectivity index (χ4n) is 2.52. The summed E-state index contributed by atoms with van der Waals surface area (Å²) in [4.78, 5) is 4.08. The fourth-order valence-corrected chi connectivity index (χ4v) is 2.52. The number of hydrogen-bond donors (Lipinski definition) is 2. The lowest BCUT2D eigenvalue weighted by atomic mass is 9.85. The highest BCUT2D eigenvalue weighted by molar-refractivity contribution is 5.21. The predicted octanol–water partition coefficient (Wildman–Crippen LogP) is 2.17. The van der Waals surface area contributed by atoms with Crippen LogP contribution < -0.4 is 5.32 Å². The van der Waals surface area contributed by atoms with Gasteiger partial charge in [-0.3, -0.25) is 4.98 Å². The molecule has 0 bridgehead atoms. The SMILES string of the molecule is Cc1cnccc1CNCC1(O)CCCCC1. The maximum absolute atomic E-state index is 10.3. The van der Waals surface area contributed by atoms with E-state index in [9.17, 15) is 5.11 Å². The summed E-state index contributed by atoms with van der Waals surface area (Å²) in [6, 6.07) is 2.03. The first-order chi connectivity index (χ1) is 8.20. The van der Waals surface area contributed by atoms with Crippen molar-refractivity contribution in [3.05, 3.63) is 29.6 Å². The highest BCUT2D eigenvalue weighted by Crippen LogP contribution is 2.27. The number of pyridine rings is 1. The van der Waals surface area contributed by atoms with Crippen LogP contribution in [0.25, 0.3) is 0 Å². The van der Waals surface area contributed by atoms with Crippen molar-refractivity contribution < 1.29 is 5.11 Å². The lowest BCUT2D eigenvalue weighted by Crippen LogP contribution is -2.41. The van der Waals surface area contributed by atoms with Gasteiger partial charge in [-0.2, -0.15) is 0 Å². The van der Waals surface area contributed by atoms with Crippen LogP contribution in [-0.2, 0) is 6.54 Å². The summed E-state index contributed by atoms with van der Waals surface area (Å²) in [7, 11) is 0. The molecule has 2 N–H and O–H groups in total. The second-order valence-corrected chi connectivity index (χ2v) is 5.19. The van der Waals surface area contributed by atoms with Gasteiger partial charge >= 0.3 is 0 Å². The van der Waals surface area contributed by atoms with E-state index in [-0.39, 0.29) is 0 Å². The predicted molar refractivity (Wildman–Crippen MR) is 68.7 cm³/mol. The second-order valence-electron chi connectivity index (χ2n) is 5.19. The lowest BCUT2D eigenvalue weighted by Gasteiger charge is -2.32. The van der Waals surface area contributed by atoms with Gasteiger partial charge in [-0.1, -0.05) is 19.3 Å². The molecule has 1 aliphatic carbocycles. The van der Waals surface area contributed by atoms with E-state index < -0.39 is 5.60 Å². The topological polar surface area (TPSA) is 45.2 Å². The first-order valence-electron chi connectivity index (χ1n) is 6.52. The van der Waals surface area contributed by atoms with Crippen LogP contribution in [0.3, 0.4) is 0 Å². The average molecular weight is 234 g/mol. The Bertz CT molecular complexity index is 359. The van der Waals surface area contributed by atoms with Gasteiger partial charge in [0.05, 0.1) is 5.60 Å². The van der Waals surface area contributed by atoms with Gasteiger partial charge in [-0.15, -0.1) is 0 Å². The highest BCUT2D eigenvalue weighted by atomic mass is 16.3. The van der Waals surface area contributed by atoms with Crippen LogP contribution in [0.1, 0.15) is 43.2 Å². The van der Waals surface area contributed by atoms with E-state index in [1.165, 1.54) is 17.5 Å². The molecule has 0 radical (unpaired) electrons. The van der Waals surface area contributed by atoms with Gasteiger partial charge in [0.2, 0.25) is 0 Å². The average Bonchev–Trinajstić information content (AvgIpc) is 2.32. The Morgan fingerprint density at radius 1 is 1.35 bits per heavy atom. The maximum atomic E-state index is 10.3. The largest absolute Gasteiger partial charge is 0.389 e. The summed E-state index contributed by atoms with van der Waals surface area (Å²) in [5, 5.41) is 13.7. The molecule has 1 aromatic rings. The number of hydrogen-bond acceptors (Lipinski definition) is 3. The molecular weight excluding hydrogens is 212 g/mol. The highest BCUT2D eigenvalue weighted by Gasteiger charge is 2.28. The molecule has 1 aromatic heterocycles. The van der Waals surface area contributed by atoms with Crippen LogP contribution in [0.15, 0.2) is 18.5 Å². The van der Waals surface area contributed by atoms with Crippen molar-refractivity contribution >= 4 is 0 Å². The van der Waals surface area contributed by atoms with Crippen LogP contribution in [0.4, 0.5) is 0 Å². The molecule has 2 rings (SSSR count). The molecule has 1 saturated carbocycles. The van der Waals surface area contributed by atoms with E-state index in [1.54, 1.807) is 0 Å². The Morgan fingerprint density at radius 3 is 2.82 bits per heavy atom. The van der Waals surface area contributed by atoms with Crippen molar-refractivity contribution in [2.24, 2.45) is 0 Å². The summed E-state index contributed by atoms with van der Waals surface area (Å²) in [6.45, 7) is 3.59. The Morgan fingerprint density at radius 2 is 2.12 bits per heavy atom. The van der Waals surface area contributed by atoms with Crippen molar-refractivity contribution in [3.8, 4) is 0 Å². The van der Waals surface area contributed by atoms with Crippen molar-refractivity contribution in [1.29, 1.82) is 0 Å². The molecule has 1 heterocycles. The third-order valence-electron chi connectivity index (χ3n) is 3.69. The summed E-state index contributed by atoms with van der Waals surface area (Å²) in [5.41, 5.74) is 1.99. The molecule has 3 heteroatoms. The molecule has 0 aliphatic heterocycles. The molecule has 1 fully saturated rings. The summed E-state index contributed by atoms with van der Waals surface area (Å²) < 4.78 is 0. The molecule has 0 saturated heterocycles. The molecule has 0 aromatic carbocycles. The van der Waals surface area contributed by atoms with Crippen molar-refractivity contribution in [3.63, 3.8) is 0 Å². The van der Waals surface area contributed by atoms with Crippen LogP contribution in [0.2, 0.25) is 0 Å².